The average molecular weight is 344 g/mol. The molecule has 0 spiro atoms. The minimum Gasteiger partial charge on any atom is -0.386 e. The zero-order valence-electron chi connectivity index (χ0n) is 14.9. The van der Waals surface area contributed by atoms with Gasteiger partial charge in [-0.25, -0.2) is 4.98 Å². The molecule has 0 aromatic carbocycles. The Morgan fingerprint density at radius 1 is 1.44 bits per heavy atom. The first kappa shape index (κ1) is 17.4. The topological polar surface area (TPSA) is 82.7 Å². The number of aliphatic hydroxyl groups is 1. The van der Waals surface area contributed by atoms with Gasteiger partial charge in [-0.15, -0.1) is 0 Å². The lowest BCUT2D eigenvalue weighted by atomic mass is 9.92. The molecule has 0 radical (unpaired) electrons. The molecule has 2 aromatic rings. The van der Waals surface area contributed by atoms with E-state index < -0.39 is 5.60 Å². The second-order valence-electron chi connectivity index (χ2n) is 6.80. The van der Waals surface area contributed by atoms with E-state index in [1.165, 1.54) is 0 Å². The van der Waals surface area contributed by atoms with Gasteiger partial charge in [0.2, 0.25) is 0 Å². The molecule has 1 atom stereocenters. The maximum absolute atomic E-state index is 12.7. The molecule has 1 fully saturated rings. The average Bonchev–Trinajstić information content (AvgIpc) is 2.93. The van der Waals surface area contributed by atoms with Crippen LogP contribution in [0.25, 0.3) is 0 Å². The molecule has 7 nitrogen and oxygen atoms in total. The second kappa shape index (κ2) is 6.84. The highest BCUT2D eigenvalue weighted by Gasteiger charge is 2.36. The Labute approximate surface area is 147 Å². The van der Waals surface area contributed by atoms with Crippen LogP contribution in [0.5, 0.6) is 0 Å². The Hall–Kier alpha value is -2.41. The van der Waals surface area contributed by atoms with E-state index in [1.807, 2.05) is 18.2 Å². The van der Waals surface area contributed by atoms with E-state index in [-0.39, 0.29) is 12.5 Å². The van der Waals surface area contributed by atoms with Crippen molar-refractivity contribution in [2.24, 2.45) is 0 Å². The van der Waals surface area contributed by atoms with Crippen molar-refractivity contribution < 1.29 is 14.4 Å². The lowest BCUT2D eigenvalue weighted by Gasteiger charge is -2.41. The van der Waals surface area contributed by atoms with Gasteiger partial charge in [0.05, 0.1) is 17.8 Å². The number of anilines is 1. The quantitative estimate of drug-likeness (QED) is 0.910. The smallest absolute Gasteiger partial charge is 0.259 e. The highest BCUT2D eigenvalue weighted by atomic mass is 16.5. The fourth-order valence-electron chi connectivity index (χ4n) is 3.47. The lowest BCUT2D eigenvalue weighted by molar-refractivity contribution is -0.000202. The number of carbonyl (C=O) groups excluding carboxylic acids is 1. The van der Waals surface area contributed by atoms with Gasteiger partial charge in [0.25, 0.3) is 5.91 Å². The van der Waals surface area contributed by atoms with Crippen molar-refractivity contribution in [2.75, 3.05) is 31.6 Å². The standard InChI is InChI=1S/C18H24N4O3/c1-13-16(14(2)25-20-13)17(23)21(3)11-18(24)8-6-10-22(12-18)15-7-4-5-9-19-15/h4-5,7,9,24H,6,8,10-12H2,1-3H3. The third-order valence-electron chi connectivity index (χ3n) is 4.65. The van der Waals surface area contributed by atoms with Crippen molar-refractivity contribution in [3.63, 3.8) is 0 Å². The van der Waals surface area contributed by atoms with Gasteiger partial charge in [0.15, 0.2) is 0 Å². The Kier molecular flexibility index (Phi) is 4.76. The van der Waals surface area contributed by atoms with Crippen LogP contribution >= 0.6 is 0 Å². The van der Waals surface area contributed by atoms with Gasteiger partial charge in [0, 0.05) is 26.3 Å². The summed E-state index contributed by atoms with van der Waals surface area (Å²) in [5.74, 6) is 1.17. The van der Waals surface area contributed by atoms with Gasteiger partial charge in [-0.1, -0.05) is 11.2 Å². The van der Waals surface area contributed by atoms with Gasteiger partial charge < -0.3 is 19.4 Å². The summed E-state index contributed by atoms with van der Waals surface area (Å²) < 4.78 is 5.08. The molecule has 0 saturated carbocycles. The number of likely N-dealkylation sites (N-methyl/N-ethyl adjacent to an activating group) is 1. The number of β-amino-alcohol motifs (C(OH)–C–C–N with tert-alkyl or cyclic N) is 1. The molecular formula is C18H24N4O3. The second-order valence-corrected chi connectivity index (χ2v) is 6.80. The van der Waals surface area contributed by atoms with E-state index in [1.54, 1.807) is 32.0 Å². The third kappa shape index (κ3) is 3.66. The molecule has 0 aliphatic carbocycles. The fraction of sp³-hybridized carbons (Fsp3) is 0.500. The van der Waals surface area contributed by atoms with Gasteiger partial charge in [0.1, 0.15) is 17.1 Å². The van der Waals surface area contributed by atoms with Crippen LogP contribution in [0.15, 0.2) is 28.9 Å². The molecule has 2 aromatic heterocycles. The molecule has 0 bridgehead atoms. The number of aryl methyl sites for hydroxylation is 2. The van der Waals surface area contributed by atoms with Gasteiger partial charge in [-0.05, 0) is 38.8 Å². The first-order chi connectivity index (χ1) is 11.9. The van der Waals surface area contributed by atoms with Crippen molar-refractivity contribution in [3.05, 3.63) is 41.4 Å². The fourth-order valence-corrected chi connectivity index (χ4v) is 3.47. The van der Waals surface area contributed by atoms with Crippen LogP contribution in [-0.4, -0.2) is 58.3 Å². The molecule has 3 heterocycles. The van der Waals surface area contributed by atoms with Crippen molar-refractivity contribution in [1.29, 1.82) is 0 Å². The summed E-state index contributed by atoms with van der Waals surface area (Å²) in [5, 5.41) is 14.9. The number of carbonyl (C=O) groups is 1. The molecule has 1 N–H and O–H groups in total. The number of hydrogen-bond acceptors (Lipinski definition) is 6. The summed E-state index contributed by atoms with van der Waals surface area (Å²) in [6, 6.07) is 5.74. The summed E-state index contributed by atoms with van der Waals surface area (Å²) >= 11 is 0. The van der Waals surface area contributed by atoms with E-state index in [2.05, 4.69) is 15.0 Å². The summed E-state index contributed by atoms with van der Waals surface area (Å²) in [4.78, 5) is 20.7. The number of aromatic nitrogens is 2. The van der Waals surface area contributed by atoms with Crippen molar-refractivity contribution in [3.8, 4) is 0 Å². The van der Waals surface area contributed by atoms with Crippen LogP contribution in [0.3, 0.4) is 0 Å². The van der Waals surface area contributed by atoms with Crippen LogP contribution in [-0.2, 0) is 0 Å². The van der Waals surface area contributed by atoms with Crippen LogP contribution in [0.1, 0.15) is 34.7 Å². The van der Waals surface area contributed by atoms with E-state index in [4.69, 9.17) is 4.52 Å². The first-order valence-corrected chi connectivity index (χ1v) is 8.46. The maximum atomic E-state index is 12.7. The summed E-state index contributed by atoms with van der Waals surface area (Å²) in [6.45, 7) is 5.01. The van der Waals surface area contributed by atoms with E-state index in [0.29, 0.717) is 30.0 Å². The molecule has 1 saturated heterocycles. The zero-order chi connectivity index (χ0) is 18.0. The van der Waals surface area contributed by atoms with Crippen LogP contribution < -0.4 is 4.90 Å². The number of piperidine rings is 1. The van der Waals surface area contributed by atoms with Crippen molar-refractivity contribution >= 4 is 11.7 Å². The number of nitrogens with zero attached hydrogens (tertiary/aromatic N) is 4. The number of hydrogen-bond donors (Lipinski definition) is 1. The van der Waals surface area contributed by atoms with E-state index in [9.17, 15) is 9.90 Å². The molecular weight excluding hydrogens is 320 g/mol. The highest BCUT2D eigenvalue weighted by molar-refractivity contribution is 5.96. The molecule has 1 aliphatic heterocycles. The van der Waals surface area contributed by atoms with Crippen LogP contribution in [0.4, 0.5) is 5.82 Å². The highest BCUT2D eigenvalue weighted by Crippen LogP contribution is 2.26. The minimum atomic E-state index is -0.973. The molecule has 25 heavy (non-hydrogen) atoms. The third-order valence-corrected chi connectivity index (χ3v) is 4.65. The Morgan fingerprint density at radius 2 is 2.24 bits per heavy atom. The molecule has 3 rings (SSSR count). The molecule has 7 heteroatoms. The predicted molar refractivity (Wildman–Crippen MR) is 93.6 cm³/mol. The van der Waals surface area contributed by atoms with Crippen molar-refractivity contribution in [1.82, 2.24) is 15.0 Å². The largest absolute Gasteiger partial charge is 0.386 e. The molecule has 1 amide bonds. The Balaban J connectivity index is 1.71. The number of amides is 1. The number of pyridine rings is 1. The minimum absolute atomic E-state index is 0.181. The van der Waals surface area contributed by atoms with E-state index >= 15 is 0 Å². The van der Waals surface area contributed by atoms with Gasteiger partial charge in [-0.3, -0.25) is 4.79 Å². The van der Waals surface area contributed by atoms with Crippen molar-refractivity contribution in [2.45, 2.75) is 32.3 Å². The first-order valence-electron chi connectivity index (χ1n) is 8.46. The SMILES string of the molecule is Cc1noc(C)c1C(=O)N(C)CC1(O)CCCN(c2ccccn2)C1. The van der Waals surface area contributed by atoms with Gasteiger partial charge >= 0.3 is 0 Å². The molecule has 1 unspecified atom stereocenters. The zero-order valence-corrected chi connectivity index (χ0v) is 14.9. The summed E-state index contributed by atoms with van der Waals surface area (Å²) in [6.07, 6.45) is 3.24. The van der Waals surface area contributed by atoms with Crippen LogP contribution in [0, 0.1) is 13.8 Å². The monoisotopic (exact) mass is 344 g/mol. The summed E-state index contributed by atoms with van der Waals surface area (Å²) in [5.41, 5.74) is 0.0719. The van der Waals surface area contributed by atoms with E-state index in [0.717, 1.165) is 18.8 Å². The van der Waals surface area contributed by atoms with Crippen LogP contribution in [0.2, 0.25) is 0 Å². The maximum Gasteiger partial charge on any atom is 0.259 e. The number of rotatable bonds is 4. The summed E-state index contributed by atoms with van der Waals surface area (Å²) in [7, 11) is 1.70. The normalized spacial score (nSPS) is 20.6. The Bertz CT molecular complexity index is 727. The molecule has 134 valence electrons. The van der Waals surface area contributed by atoms with Gasteiger partial charge in [-0.2, -0.15) is 0 Å². The Morgan fingerprint density at radius 3 is 2.88 bits per heavy atom. The molecule has 1 aliphatic rings. The lowest BCUT2D eigenvalue weighted by Crippen LogP contribution is -2.55. The predicted octanol–water partition coefficient (Wildman–Crippen LogP) is 1.79.